The molecule has 7 heteroatoms. The van der Waals surface area contributed by atoms with Gasteiger partial charge >= 0.3 is 0 Å². The van der Waals surface area contributed by atoms with Gasteiger partial charge in [0.05, 0.1) is 4.47 Å². The van der Waals surface area contributed by atoms with Crippen LogP contribution in [-0.4, -0.2) is 22.5 Å². The van der Waals surface area contributed by atoms with Crippen molar-refractivity contribution >= 4 is 45.2 Å². The highest BCUT2D eigenvalue weighted by Gasteiger charge is 2.31. The molecule has 0 spiro atoms. The summed E-state index contributed by atoms with van der Waals surface area (Å²) in [6, 6.07) is 11.2. The zero-order valence-electron chi connectivity index (χ0n) is 14.5. The molecular weight excluding hydrogens is 416 g/mol. The van der Waals surface area contributed by atoms with Crippen molar-refractivity contribution in [2.75, 3.05) is 6.54 Å². The fourth-order valence-corrected chi connectivity index (χ4v) is 3.17. The lowest BCUT2D eigenvalue weighted by Crippen LogP contribution is -2.33. The molecule has 26 heavy (non-hydrogen) atoms. The Morgan fingerprint density at radius 1 is 1.31 bits per heavy atom. The second-order valence-corrected chi connectivity index (χ2v) is 7.56. The van der Waals surface area contributed by atoms with E-state index in [0.29, 0.717) is 41.4 Å². The first-order chi connectivity index (χ1) is 12.4. The maximum Gasteiger partial charge on any atom is 0.276 e. The smallest absolute Gasteiger partial charge is 0.276 e. The number of furan rings is 1. The molecule has 0 saturated carbocycles. The van der Waals surface area contributed by atoms with E-state index in [9.17, 15) is 4.79 Å². The van der Waals surface area contributed by atoms with E-state index in [1.807, 2.05) is 44.2 Å². The molecule has 3 rings (SSSR count). The number of amides is 1. The molecule has 0 unspecified atom stereocenters. The number of nitrogens with one attached hydrogen (secondary N) is 1. The van der Waals surface area contributed by atoms with Crippen molar-refractivity contribution < 1.29 is 13.9 Å². The Hall–Kier alpha value is -2.12. The SMILES string of the molecule is CC(C)CN1C(=O)/C(=C\c2ccc(COc3ccccc3Br)o2)NC1=S. The third-order valence-corrected chi connectivity index (χ3v) is 4.66. The summed E-state index contributed by atoms with van der Waals surface area (Å²) in [5.41, 5.74) is 0.420. The van der Waals surface area contributed by atoms with E-state index in [0.717, 1.165) is 10.2 Å². The Balaban J connectivity index is 1.66. The number of thiocarbonyl (C=S) groups is 1. The van der Waals surface area contributed by atoms with Crippen LogP contribution in [-0.2, 0) is 11.4 Å². The van der Waals surface area contributed by atoms with Crippen LogP contribution >= 0.6 is 28.1 Å². The number of rotatable bonds is 6. The maximum atomic E-state index is 12.4. The van der Waals surface area contributed by atoms with Gasteiger partial charge in [0.2, 0.25) is 0 Å². The number of carbonyl (C=O) groups is 1. The molecule has 2 aromatic rings. The molecule has 136 valence electrons. The fraction of sp³-hybridized carbons (Fsp3) is 0.263. The average Bonchev–Trinajstić information content (AvgIpc) is 3.14. The number of ether oxygens (including phenoxy) is 1. The van der Waals surface area contributed by atoms with Gasteiger partial charge in [0.15, 0.2) is 5.11 Å². The van der Waals surface area contributed by atoms with Crippen LogP contribution in [0, 0.1) is 5.92 Å². The van der Waals surface area contributed by atoms with Crippen LogP contribution in [0.4, 0.5) is 0 Å². The van der Waals surface area contributed by atoms with Gasteiger partial charge in [-0.3, -0.25) is 9.69 Å². The largest absolute Gasteiger partial charge is 0.484 e. The quantitative estimate of drug-likeness (QED) is 0.541. The Morgan fingerprint density at radius 3 is 2.81 bits per heavy atom. The van der Waals surface area contributed by atoms with Crippen molar-refractivity contribution in [3.63, 3.8) is 0 Å². The molecule has 0 radical (unpaired) electrons. The molecule has 1 aliphatic rings. The van der Waals surface area contributed by atoms with E-state index in [1.54, 1.807) is 17.0 Å². The first-order valence-corrected chi connectivity index (χ1v) is 9.44. The van der Waals surface area contributed by atoms with Gasteiger partial charge in [0, 0.05) is 12.6 Å². The lowest BCUT2D eigenvalue weighted by atomic mass is 10.2. The second-order valence-electron chi connectivity index (χ2n) is 6.32. The van der Waals surface area contributed by atoms with Gasteiger partial charge in [-0.1, -0.05) is 26.0 Å². The number of hydrogen-bond acceptors (Lipinski definition) is 4. The Bertz CT molecular complexity index is 860. The van der Waals surface area contributed by atoms with Gasteiger partial charge in [-0.25, -0.2) is 0 Å². The summed E-state index contributed by atoms with van der Waals surface area (Å²) < 4.78 is 12.4. The van der Waals surface area contributed by atoms with Crippen molar-refractivity contribution in [3.05, 3.63) is 58.1 Å². The second kappa shape index (κ2) is 8.05. The highest BCUT2D eigenvalue weighted by atomic mass is 79.9. The number of halogens is 1. The summed E-state index contributed by atoms with van der Waals surface area (Å²) in [5, 5.41) is 3.38. The number of carbonyl (C=O) groups excluding carboxylic acids is 1. The molecule has 0 atom stereocenters. The van der Waals surface area contributed by atoms with Crippen molar-refractivity contribution in [1.29, 1.82) is 0 Å². The van der Waals surface area contributed by atoms with Crippen molar-refractivity contribution in [2.45, 2.75) is 20.5 Å². The number of nitrogens with zero attached hydrogens (tertiary/aromatic N) is 1. The summed E-state index contributed by atoms with van der Waals surface area (Å²) in [7, 11) is 0. The van der Waals surface area contributed by atoms with E-state index in [4.69, 9.17) is 21.4 Å². The minimum atomic E-state index is -0.133. The molecule has 1 saturated heterocycles. The Labute approximate surface area is 166 Å². The first-order valence-electron chi connectivity index (χ1n) is 8.24. The van der Waals surface area contributed by atoms with Gasteiger partial charge in [0.25, 0.3) is 5.91 Å². The Kier molecular flexibility index (Phi) is 5.78. The third-order valence-electron chi connectivity index (χ3n) is 3.69. The van der Waals surface area contributed by atoms with Gasteiger partial charge in [0.1, 0.15) is 29.6 Å². The molecule has 1 aliphatic heterocycles. The van der Waals surface area contributed by atoms with E-state index in [1.165, 1.54) is 0 Å². The molecule has 1 aromatic heterocycles. The molecular formula is C19H19BrN2O3S. The molecule has 1 aromatic carbocycles. The van der Waals surface area contributed by atoms with Crippen LogP contribution in [0.2, 0.25) is 0 Å². The van der Waals surface area contributed by atoms with Crippen LogP contribution in [0.1, 0.15) is 25.4 Å². The zero-order valence-corrected chi connectivity index (χ0v) is 16.9. The Morgan fingerprint density at radius 2 is 2.08 bits per heavy atom. The highest BCUT2D eigenvalue weighted by molar-refractivity contribution is 9.10. The van der Waals surface area contributed by atoms with Crippen LogP contribution in [0.5, 0.6) is 5.75 Å². The van der Waals surface area contributed by atoms with Crippen molar-refractivity contribution in [2.24, 2.45) is 5.92 Å². The molecule has 5 nitrogen and oxygen atoms in total. The summed E-state index contributed by atoms with van der Waals surface area (Å²) >= 11 is 8.68. The van der Waals surface area contributed by atoms with E-state index < -0.39 is 0 Å². The summed E-state index contributed by atoms with van der Waals surface area (Å²) in [5.74, 6) is 2.18. The number of para-hydroxylation sites is 1. The van der Waals surface area contributed by atoms with Crippen LogP contribution in [0.25, 0.3) is 6.08 Å². The van der Waals surface area contributed by atoms with Crippen LogP contribution in [0.3, 0.4) is 0 Å². The maximum absolute atomic E-state index is 12.4. The number of benzene rings is 1. The number of hydrogen-bond donors (Lipinski definition) is 1. The lowest BCUT2D eigenvalue weighted by molar-refractivity contribution is -0.122. The minimum Gasteiger partial charge on any atom is -0.484 e. The molecule has 2 heterocycles. The summed E-state index contributed by atoms with van der Waals surface area (Å²) in [6.45, 7) is 4.97. The summed E-state index contributed by atoms with van der Waals surface area (Å²) in [4.78, 5) is 14.0. The zero-order chi connectivity index (χ0) is 18.7. The van der Waals surface area contributed by atoms with Crippen LogP contribution < -0.4 is 10.1 Å². The van der Waals surface area contributed by atoms with Gasteiger partial charge in [-0.15, -0.1) is 0 Å². The minimum absolute atomic E-state index is 0.133. The third kappa shape index (κ3) is 4.34. The molecule has 1 N–H and O–H groups in total. The summed E-state index contributed by atoms with van der Waals surface area (Å²) in [6.07, 6.45) is 1.66. The topological polar surface area (TPSA) is 54.7 Å². The van der Waals surface area contributed by atoms with Gasteiger partial charge in [-0.05, 0) is 58.3 Å². The van der Waals surface area contributed by atoms with Crippen molar-refractivity contribution in [1.82, 2.24) is 10.2 Å². The monoisotopic (exact) mass is 434 g/mol. The fourth-order valence-electron chi connectivity index (χ4n) is 2.51. The lowest BCUT2D eigenvalue weighted by Gasteiger charge is -2.15. The predicted octanol–water partition coefficient (Wildman–Crippen LogP) is 4.33. The van der Waals surface area contributed by atoms with Gasteiger partial charge in [-0.2, -0.15) is 0 Å². The van der Waals surface area contributed by atoms with Crippen LogP contribution in [0.15, 0.2) is 51.0 Å². The van der Waals surface area contributed by atoms with E-state index in [2.05, 4.69) is 21.2 Å². The molecule has 0 aliphatic carbocycles. The average molecular weight is 435 g/mol. The standard InChI is InChI=1S/C19H19BrN2O3S/c1-12(2)10-22-18(23)16(21-19(22)26)9-13-7-8-14(25-13)11-24-17-6-4-3-5-15(17)20/h3-9,12H,10-11H2,1-2H3,(H,21,26)/b16-9+. The molecule has 1 amide bonds. The first kappa shape index (κ1) is 18.7. The highest BCUT2D eigenvalue weighted by Crippen LogP contribution is 2.25. The normalized spacial score (nSPS) is 15.8. The van der Waals surface area contributed by atoms with E-state index in [-0.39, 0.29) is 5.91 Å². The van der Waals surface area contributed by atoms with E-state index >= 15 is 0 Å². The van der Waals surface area contributed by atoms with Crippen molar-refractivity contribution in [3.8, 4) is 5.75 Å². The molecule has 0 bridgehead atoms. The van der Waals surface area contributed by atoms with Gasteiger partial charge < -0.3 is 14.5 Å². The molecule has 1 fully saturated rings. The predicted molar refractivity (Wildman–Crippen MR) is 107 cm³/mol.